The maximum Gasteiger partial charge on any atom is 0.339 e. The van der Waals surface area contributed by atoms with Crippen LogP contribution in [0.15, 0.2) is 60.7 Å². The highest BCUT2D eigenvalue weighted by molar-refractivity contribution is 6.31. The first-order valence-electron chi connectivity index (χ1n) is 10.4. The number of amides is 1. The number of carbonyl (C=O) groups excluding carboxylic acids is 1. The molecule has 1 amide bonds. The van der Waals surface area contributed by atoms with Crippen molar-refractivity contribution in [2.75, 3.05) is 20.5 Å². The predicted octanol–water partition coefficient (Wildman–Crippen LogP) is 4.38. The molecule has 0 atom stereocenters. The summed E-state index contributed by atoms with van der Waals surface area (Å²) in [7, 11) is 1.58. The number of hydrogen-bond donors (Lipinski definition) is 1. The molecule has 1 aliphatic rings. The normalized spacial score (nSPS) is 11.7. The summed E-state index contributed by atoms with van der Waals surface area (Å²) in [6.07, 6.45) is 0. The van der Waals surface area contributed by atoms with Crippen molar-refractivity contribution in [1.29, 1.82) is 0 Å². The Labute approximate surface area is 201 Å². The summed E-state index contributed by atoms with van der Waals surface area (Å²) >= 11 is 5.90. The number of carboxylic acids is 1. The third-order valence-electron chi connectivity index (χ3n) is 5.19. The van der Waals surface area contributed by atoms with E-state index in [0.29, 0.717) is 23.8 Å². The second-order valence-corrected chi connectivity index (χ2v) is 7.96. The molecule has 34 heavy (non-hydrogen) atoms. The molecule has 0 fully saturated rings. The number of halogens is 1. The second-order valence-electron chi connectivity index (χ2n) is 7.52. The molecule has 0 aliphatic carbocycles. The summed E-state index contributed by atoms with van der Waals surface area (Å²) in [6, 6.07) is 17.1. The van der Waals surface area contributed by atoms with E-state index in [1.165, 1.54) is 18.2 Å². The number of methoxy groups -OCH3 is 1. The van der Waals surface area contributed by atoms with Crippen molar-refractivity contribution in [3.63, 3.8) is 0 Å². The van der Waals surface area contributed by atoms with Crippen molar-refractivity contribution in [3.05, 3.63) is 82.4 Å². The molecule has 0 saturated carbocycles. The largest absolute Gasteiger partial charge is 0.497 e. The van der Waals surface area contributed by atoms with Crippen LogP contribution in [-0.4, -0.2) is 42.4 Å². The molecule has 0 aromatic heterocycles. The molecule has 176 valence electrons. The molecular weight excluding hydrogens is 462 g/mol. The maximum atomic E-state index is 13.2. The number of ether oxygens (including phenoxy) is 4. The lowest BCUT2D eigenvalue weighted by Gasteiger charge is -2.24. The lowest BCUT2D eigenvalue weighted by atomic mass is 10.1. The van der Waals surface area contributed by atoms with E-state index in [1.54, 1.807) is 18.1 Å². The van der Waals surface area contributed by atoms with Gasteiger partial charge in [-0.3, -0.25) is 4.79 Å². The first kappa shape index (κ1) is 23.3. The summed E-state index contributed by atoms with van der Waals surface area (Å²) in [4.78, 5) is 26.3. The van der Waals surface area contributed by atoms with Crippen LogP contribution in [0.5, 0.6) is 23.0 Å². The lowest BCUT2D eigenvalue weighted by Crippen LogP contribution is -2.34. The molecule has 0 unspecified atom stereocenters. The van der Waals surface area contributed by atoms with Crippen LogP contribution >= 0.6 is 11.6 Å². The fraction of sp³-hybridized carbons (Fsp3) is 0.200. The molecule has 0 saturated heterocycles. The van der Waals surface area contributed by atoms with Gasteiger partial charge < -0.3 is 29.0 Å². The van der Waals surface area contributed by atoms with Crippen LogP contribution in [-0.2, 0) is 17.9 Å². The summed E-state index contributed by atoms with van der Waals surface area (Å²) in [5.74, 6) is 0.493. The Kier molecular flexibility index (Phi) is 7.08. The number of fused-ring (bicyclic) bond motifs is 1. The number of benzene rings is 3. The van der Waals surface area contributed by atoms with E-state index < -0.39 is 5.97 Å². The Balaban J connectivity index is 1.54. The molecule has 0 bridgehead atoms. The first-order chi connectivity index (χ1) is 16.4. The van der Waals surface area contributed by atoms with Crippen molar-refractivity contribution in [3.8, 4) is 23.0 Å². The summed E-state index contributed by atoms with van der Waals surface area (Å²) in [5, 5.41) is 9.68. The van der Waals surface area contributed by atoms with Crippen LogP contribution in [0, 0.1) is 0 Å². The van der Waals surface area contributed by atoms with E-state index in [4.69, 9.17) is 30.5 Å². The number of aromatic carboxylic acids is 1. The number of carboxylic acid groups (broad SMARTS) is 1. The fourth-order valence-electron chi connectivity index (χ4n) is 3.51. The molecule has 3 aromatic rings. The van der Waals surface area contributed by atoms with Gasteiger partial charge in [0.15, 0.2) is 18.1 Å². The van der Waals surface area contributed by atoms with E-state index in [2.05, 4.69) is 0 Å². The standard InChI is InChI=1S/C25H22ClNO7/c1-31-19-4-2-3-16(9-19)12-27(13-17-5-7-22-23(10-17)34-15-33-22)24(28)14-32-21-8-6-18(26)11-20(21)25(29)30/h2-11H,12-15H2,1H3,(H,29,30). The number of rotatable bonds is 9. The van der Waals surface area contributed by atoms with E-state index in [0.717, 1.165) is 11.1 Å². The van der Waals surface area contributed by atoms with Gasteiger partial charge >= 0.3 is 5.97 Å². The molecule has 1 heterocycles. The number of carbonyl (C=O) groups is 2. The number of nitrogens with zero attached hydrogens (tertiary/aromatic N) is 1. The lowest BCUT2D eigenvalue weighted by molar-refractivity contribution is -0.134. The monoisotopic (exact) mass is 483 g/mol. The van der Waals surface area contributed by atoms with E-state index in [-0.39, 0.29) is 42.2 Å². The molecule has 4 rings (SSSR count). The van der Waals surface area contributed by atoms with Crippen LogP contribution in [0.25, 0.3) is 0 Å². The van der Waals surface area contributed by atoms with Gasteiger partial charge in [0.25, 0.3) is 5.91 Å². The molecule has 0 spiro atoms. The Morgan fingerprint density at radius 2 is 1.76 bits per heavy atom. The molecule has 1 aliphatic heterocycles. The van der Waals surface area contributed by atoms with Gasteiger partial charge in [0, 0.05) is 18.1 Å². The van der Waals surface area contributed by atoms with Gasteiger partial charge in [-0.2, -0.15) is 0 Å². The van der Waals surface area contributed by atoms with Crippen molar-refractivity contribution in [1.82, 2.24) is 4.90 Å². The minimum atomic E-state index is -1.20. The minimum absolute atomic E-state index is 0.0645. The van der Waals surface area contributed by atoms with Gasteiger partial charge in [0.05, 0.1) is 7.11 Å². The zero-order valence-electron chi connectivity index (χ0n) is 18.3. The van der Waals surface area contributed by atoms with E-state index >= 15 is 0 Å². The number of hydrogen-bond acceptors (Lipinski definition) is 6. The van der Waals surface area contributed by atoms with Gasteiger partial charge in [-0.15, -0.1) is 0 Å². The zero-order valence-corrected chi connectivity index (χ0v) is 19.1. The topological polar surface area (TPSA) is 94.5 Å². The summed E-state index contributed by atoms with van der Waals surface area (Å²) in [5.41, 5.74) is 1.60. The van der Waals surface area contributed by atoms with Crippen molar-refractivity contribution in [2.45, 2.75) is 13.1 Å². The smallest absolute Gasteiger partial charge is 0.339 e. The highest BCUT2D eigenvalue weighted by Crippen LogP contribution is 2.33. The molecule has 8 nitrogen and oxygen atoms in total. The zero-order chi connectivity index (χ0) is 24.1. The van der Waals surface area contributed by atoms with Crippen LogP contribution in [0.1, 0.15) is 21.5 Å². The van der Waals surface area contributed by atoms with E-state index in [9.17, 15) is 14.7 Å². The third kappa shape index (κ3) is 5.52. The van der Waals surface area contributed by atoms with Crippen LogP contribution < -0.4 is 18.9 Å². The molecule has 3 aromatic carbocycles. The average Bonchev–Trinajstić information content (AvgIpc) is 3.30. The molecule has 0 radical (unpaired) electrons. The Morgan fingerprint density at radius 3 is 2.53 bits per heavy atom. The Hall–Kier alpha value is -3.91. The fourth-order valence-corrected chi connectivity index (χ4v) is 3.68. The minimum Gasteiger partial charge on any atom is -0.497 e. The van der Waals surface area contributed by atoms with Gasteiger partial charge in [0.1, 0.15) is 17.1 Å². The average molecular weight is 484 g/mol. The summed E-state index contributed by atoms with van der Waals surface area (Å²) in [6.45, 7) is 0.380. The van der Waals surface area contributed by atoms with Gasteiger partial charge in [-0.1, -0.05) is 29.8 Å². The van der Waals surface area contributed by atoms with Crippen molar-refractivity contribution >= 4 is 23.5 Å². The van der Waals surface area contributed by atoms with Crippen LogP contribution in [0.3, 0.4) is 0 Å². The second kappa shape index (κ2) is 10.4. The highest BCUT2D eigenvalue weighted by atomic mass is 35.5. The maximum absolute atomic E-state index is 13.2. The van der Waals surface area contributed by atoms with Crippen molar-refractivity contribution in [2.24, 2.45) is 0 Å². The Morgan fingerprint density at radius 1 is 1.00 bits per heavy atom. The first-order valence-corrected chi connectivity index (χ1v) is 10.8. The van der Waals surface area contributed by atoms with Crippen LogP contribution in [0.4, 0.5) is 0 Å². The van der Waals surface area contributed by atoms with E-state index in [1.807, 2.05) is 36.4 Å². The quantitative estimate of drug-likeness (QED) is 0.482. The van der Waals surface area contributed by atoms with Crippen molar-refractivity contribution < 1.29 is 33.6 Å². The molecule has 9 heteroatoms. The van der Waals surface area contributed by atoms with Gasteiger partial charge in [0.2, 0.25) is 6.79 Å². The Bertz CT molecular complexity index is 1210. The summed E-state index contributed by atoms with van der Waals surface area (Å²) < 4.78 is 21.7. The van der Waals surface area contributed by atoms with Gasteiger partial charge in [-0.05, 0) is 53.6 Å². The third-order valence-corrected chi connectivity index (χ3v) is 5.43. The highest BCUT2D eigenvalue weighted by Gasteiger charge is 2.20. The molecular formula is C25H22ClNO7. The predicted molar refractivity (Wildman–Crippen MR) is 124 cm³/mol. The van der Waals surface area contributed by atoms with Gasteiger partial charge in [-0.25, -0.2) is 4.79 Å². The van der Waals surface area contributed by atoms with Crippen LogP contribution in [0.2, 0.25) is 5.02 Å². The molecule has 1 N–H and O–H groups in total. The SMILES string of the molecule is COc1cccc(CN(Cc2ccc3c(c2)OCO3)C(=O)COc2ccc(Cl)cc2C(=O)O)c1.